The number of fused-ring (bicyclic) bond motifs is 1. The monoisotopic (exact) mass is 553 g/mol. The highest BCUT2D eigenvalue weighted by molar-refractivity contribution is 6.31. The van der Waals surface area contributed by atoms with Crippen molar-refractivity contribution in [1.82, 2.24) is 15.2 Å². The number of pyridine rings is 1. The van der Waals surface area contributed by atoms with E-state index in [0.29, 0.717) is 28.4 Å². The van der Waals surface area contributed by atoms with Gasteiger partial charge in [-0.15, -0.1) is 0 Å². The number of benzene rings is 3. The Hall–Kier alpha value is -4.15. The third-order valence-corrected chi connectivity index (χ3v) is 6.58. The van der Waals surface area contributed by atoms with Crippen molar-refractivity contribution >= 4 is 39.8 Å². The zero-order chi connectivity index (χ0) is 27.6. The Bertz CT molecular complexity index is 1550. The summed E-state index contributed by atoms with van der Waals surface area (Å²) in [5, 5.41) is 15.3. The van der Waals surface area contributed by atoms with Gasteiger partial charge in [0.2, 0.25) is 0 Å². The zero-order valence-corrected chi connectivity index (χ0v) is 21.2. The second-order valence-corrected chi connectivity index (χ2v) is 9.34. The molecule has 3 aromatic carbocycles. The number of alkyl halides is 3. The Morgan fingerprint density at radius 1 is 0.974 bits per heavy atom. The fraction of sp³-hybridized carbons (Fsp3) is 0.179. The maximum Gasteiger partial charge on any atom is 0.417 e. The molecule has 4 aromatic rings. The van der Waals surface area contributed by atoms with Crippen LogP contribution in [-0.4, -0.2) is 47.8 Å². The van der Waals surface area contributed by atoms with Crippen LogP contribution in [0.3, 0.4) is 0 Å². The van der Waals surface area contributed by atoms with Gasteiger partial charge in [-0.3, -0.25) is 15.2 Å². The summed E-state index contributed by atoms with van der Waals surface area (Å²) in [5.74, 6) is 0.790. The number of piperazine rings is 1. The maximum atomic E-state index is 13.2. The number of nitrogens with zero attached hydrogens (tertiary/aromatic N) is 2. The number of carbonyl (C=O) groups is 1. The highest BCUT2D eigenvalue weighted by Gasteiger charge is 2.33. The topological polar surface area (TPSA) is 90.3 Å². The van der Waals surface area contributed by atoms with Gasteiger partial charge in [-0.25, -0.2) is 0 Å². The molecular weight excluding hydrogens is 531 g/mol. The molecule has 1 fully saturated rings. The summed E-state index contributed by atoms with van der Waals surface area (Å²) in [5.41, 5.74) is -0.276. The molecule has 0 atom stereocenters. The molecule has 0 aliphatic carbocycles. The van der Waals surface area contributed by atoms with Gasteiger partial charge in [0.1, 0.15) is 23.0 Å². The maximum absolute atomic E-state index is 13.2. The molecule has 0 bridgehead atoms. The number of rotatable bonds is 5. The largest absolute Gasteiger partial charge is 0.457 e. The Morgan fingerprint density at radius 3 is 2.49 bits per heavy atom. The van der Waals surface area contributed by atoms with Crippen LogP contribution in [0.5, 0.6) is 11.5 Å². The lowest BCUT2D eigenvalue weighted by Crippen LogP contribution is -2.46. The number of hydrogen-bond acceptors (Lipinski definition) is 5. The van der Waals surface area contributed by atoms with Crippen molar-refractivity contribution in [3.63, 3.8) is 0 Å². The number of nitrogens with one attached hydrogen (secondary N) is 3. The number of amidine groups is 1. The average molecular weight is 554 g/mol. The molecule has 0 unspecified atom stereocenters. The van der Waals surface area contributed by atoms with Crippen molar-refractivity contribution < 1.29 is 22.7 Å². The third-order valence-electron chi connectivity index (χ3n) is 6.25. The van der Waals surface area contributed by atoms with Gasteiger partial charge in [-0.05, 0) is 59.3 Å². The number of carbonyl (C=O) groups excluding carboxylic acids is 1. The quantitative estimate of drug-likeness (QED) is 0.203. The molecule has 0 saturated carbocycles. The zero-order valence-electron chi connectivity index (χ0n) is 20.5. The number of anilines is 1. The number of hydrogen-bond donors (Lipinski definition) is 3. The smallest absolute Gasteiger partial charge is 0.417 e. The molecule has 1 aliphatic rings. The van der Waals surface area contributed by atoms with E-state index >= 15 is 0 Å². The van der Waals surface area contributed by atoms with Crippen molar-refractivity contribution in [3.05, 3.63) is 94.8 Å². The van der Waals surface area contributed by atoms with Gasteiger partial charge in [0, 0.05) is 49.7 Å². The van der Waals surface area contributed by atoms with E-state index in [1.54, 1.807) is 48.7 Å². The minimum atomic E-state index is -4.64. The van der Waals surface area contributed by atoms with E-state index in [2.05, 4.69) is 15.6 Å². The number of ether oxygens (including phenoxy) is 1. The normalized spacial score (nSPS) is 13.8. The van der Waals surface area contributed by atoms with Gasteiger partial charge < -0.3 is 20.3 Å². The Labute approximate surface area is 227 Å². The molecule has 2 heterocycles. The van der Waals surface area contributed by atoms with Crippen LogP contribution in [0, 0.1) is 5.41 Å². The van der Waals surface area contributed by atoms with Gasteiger partial charge in [0.25, 0.3) is 5.91 Å². The summed E-state index contributed by atoms with van der Waals surface area (Å²) >= 11 is 5.67. The van der Waals surface area contributed by atoms with Gasteiger partial charge in [-0.2, -0.15) is 13.2 Å². The summed E-state index contributed by atoms with van der Waals surface area (Å²) < 4.78 is 45.6. The predicted molar refractivity (Wildman–Crippen MR) is 144 cm³/mol. The van der Waals surface area contributed by atoms with Crippen LogP contribution < -0.4 is 15.4 Å². The second-order valence-electron chi connectivity index (χ2n) is 8.93. The van der Waals surface area contributed by atoms with Crippen LogP contribution in [-0.2, 0) is 6.18 Å². The molecule has 1 aromatic heterocycles. The van der Waals surface area contributed by atoms with E-state index in [1.165, 1.54) is 6.07 Å². The summed E-state index contributed by atoms with van der Waals surface area (Å²) in [4.78, 5) is 19.1. The molecule has 0 spiro atoms. The minimum Gasteiger partial charge on any atom is -0.457 e. The van der Waals surface area contributed by atoms with Crippen molar-refractivity contribution in [2.75, 3.05) is 31.5 Å². The van der Waals surface area contributed by atoms with Crippen LogP contribution in [0.2, 0.25) is 5.02 Å². The van der Waals surface area contributed by atoms with E-state index < -0.39 is 22.7 Å². The molecule has 1 saturated heterocycles. The molecule has 3 N–H and O–H groups in total. The number of amides is 1. The summed E-state index contributed by atoms with van der Waals surface area (Å²) in [6.45, 7) is 3.08. The standard InChI is InChI=1S/C28H23ClF3N5O2/c29-24-6-4-20(15-23(24)28(30,31)32)36-27(38)18-2-1-17-3-5-21(14-19(17)13-18)39-22-7-8-35-25(16-22)26(33)37-11-9-34-10-12-37/h1-8,13-16,33-34H,9-12H2,(H,36,38). The van der Waals surface area contributed by atoms with Gasteiger partial charge >= 0.3 is 6.18 Å². The first kappa shape index (κ1) is 26.5. The van der Waals surface area contributed by atoms with Crippen molar-refractivity contribution in [2.24, 2.45) is 0 Å². The van der Waals surface area contributed by atoms with Crippen LogP contribution in [0.4, 0.5) is 18.9 Å². The van der Waals surface area contributed by atoms with Gasteiger partial charge in [0.15, 0.2) is 0 Å². The Kier molecular flexibility index (Phi) is 7.40. The summed E-state index contributed by atoms with van der Waals surface area (Å²) in [6.07, 6.45) is -3.05. The first-order valence-electron chi connectivity index (χ1n) is 12.1. The van der Waals surface area contributed by atoms with Crippen molar-refractivity contribution in [2.45, 2.75) is 6.18 Å². The SMILES string of the molecule is N=C(c1cc(Oc2ccc3ccc(C(=O)Nc4ccc(Cl)c(C(F)(F)F)c4)cc3c2)ccn1)N1CCNCC1. The minimum absolute atomic E-state index is 0.0196. The highest BCUT2D eigenvalue weighted by Crippen LogP contribution is 2.36. The number of halogens is 4. The van der Waals surface area contributed by atoms with Crippen LogP contribution >= 0.6 is 11.6 Å². The van der Waals surface area contributed by atoms with Crippen LogP contribution in [0.1, 0.15) is 21.6 Å². The summed E-state index contributed by atoms with van der Waals surface area (Å²) in [7, 11) is 0. The fourth-order valence-electron chi connectivity index (χ4n) is 4.24. The molecule has 39 heavy (non-hydrogen) atoms. The molecule has 0 radical (unpaired) electrons. The predicted octanol–water partition coefficient (Wildman–Crippen LogP) is 6.18. The van der Waals surface area contributed by atoms with E-state index in [-0.39, 0.29) is 11.3 Å². The first-order valence-corrected chi connectivity index (χ1v) is 12.5. The van der Waals surface area contributed by atoms with E-state index in [1.807, 2.05) is 11.0 Å². The van der Waals surface area contributed by atoms with Gasteiger partial charge in [0.05, 0.1) is 10.6 Å². The molecule has 11 heteroatoms. The lowest BCUT2D eigenvalue weighted by Gasteiger charge is -2.29. The average Bonchev–Trinajstić information content (AvgIpc) is 2.93. The van der Waals surface area contributed by atoms with Crippen molar-refractivity contribution in [1.29, 1.82) is 5.41 Å². The lowest BCUT2D eigenvalue weighted by atomic mass is 10.1. The van der Waals surface area contributed by atoms with Crippen molar-refractivity contribution in [3.8, 4) is 11.5 Å². The third kappa shape index (κ3) is 6.13. The Balaban J connectivity index is 1.33. The van der Waals surface area contributed by atoms with E-state index in [4.69, 9.17) is 21.7 Å². The van der Waals surface area contributed by atoms with Gasteiger partial charge in [-0.1, -0.05) is 23.7 Å². The fourth-order valence-corrected chi connectivity index (χ4v) is 4.47. The molecule has 1 aliphatic heterocycles. The molecule has 1 amide bonds. The number of aromatic nitrogens is 1. The van der Waals surface area contributed by atoms with E-state index in [9.17, 15) is 18.0 Å². The summed E-state index contributed by atoms with van der Waals surface area (Å²) in [6, 6.07) is 17.0. The molecule has 200 valence electrons. The van der Waals surface area contributed by atoms with Crippen LogP contribution in [0.25, 0.3) is 10.8 Å². The highest BCUT2D eigenvalue weighted by atomic mass is 35.5. The Morgan fingerprint density at radius 2 is 1.72 bits per heavy atom. The van der Waals surface area contributed by atoms with Crippen LogP contribution in [0.15, 0.2) is 72.9 Å². The first-order chi connectivity index (χ1) is 18.7. The molecule has 5 rings (SSSR count). The second kappa shape index (κ2) is 10.9. The molecule has 7 nitrogen and oxygen atoms in total. The van der Waals surface area contributed by atoms with E-state index in [0.717, 1.165) is 43.7 Å². The lowest BCUT2D eigenvalue weighted by molar-refractivity contribution is -0.137. The molecular formula is C28H23ClF3N5O2.